The van der Waals surface area contributed by atoms with Crippen molar-refractivity contribution >= 4 is 11.9 Å². The van der Waals surface area contributed by atoms with Crippen LogP contribution in [0.1, 0.15) is 45.2 Å². The molecule has 1 aliphatic heterocycles. The fourth-order valence-corrected chi connectivity index (χ4v) is 3.13. The zero-order chi connectivity index (χ0) is 21.1. The summed E-state index contributed by atoms with van der Waals surface area (Å²) in [6.45, 7) is 9.03. The van der Waals surface area contributed by atoms with Crippen molar-refractivity contribution in [2.24, 2.45) is 4.99 Å². The lowest BCUT2D eigenvalue weighted by molar-refractivity contribution is -0.141. The van der Waals surface area contributed by atoms with E-state index in [1.165, 1.54) is 19.4 Å². The lowest BCUT2D eigenvalue weighted by atomic mass is 10.0. The Labute approximate surface area is 170 Å². The third-order valence-corrected chi connectivity index (χ3v) is 4.71. The van der Waals surface area contributed by atoms with Crippen LogP contribution in [0.3, 0.4) is 0 Å². The summed E-state index contributed by atoms with van der Waals surface area (Å²) in [7, 11) is 0. The quantitative estimate of drug-likeness (QED) is 0.327. The Kier molecular flexibility index (Phi) is 9.43. The molecule has 0 saturated carbocycles. The molecule has 2 rings (SSSR count). The van der Waals surface area contributed by atoms with Crippen LogP contribution in [0.25, 0.3) is 0 Å². The molecule has 29 heavy (non-hydrogen) atoms. The maximum Gasteiger partial charge on any atom is 0.433 e. The molecule has 1 saturated heterocycles. The van der Waals surface area contributed by atoms with E-state index in [0.717, 1.165) is 50.7 Å². The number of hydrogen-bond acceptors (Lipinski definition) is 5. The molecule has 1 fully saturated rings. The van der Waals surface area contributed by atoms with Crippen molar-refractivity contribution in [3.63, 3.8) is 0 Å². The van der Waals surface area contributed by atoms with Gasteiger partial charge in [-0.2, -0.15) is 13.2 Å². The number of guanidine groups is 1. The van der Waals surface area contributed by atoms with Gasteiger partial charge in [0.05, 0.1) is 6.54 Å². The number of unbranched alkanes of at least 4 members (excludes halogenated alkanes) is 1. The fraction of sp³-hybridized carbons (Fsp3) is 0.737. The molecule has 2 heterocycles. The third-order valence-electron chi connectivity index (χ3n) is 4.71. The molecule has 0 aromatic carbocycles. The molecule has 1 aliphatic rings. The highest BCUT2D eigenvalue weighted by atomic mass is 19.4. The summed E-state index contributed by atoms with van der Waals surface area (Å²) in [5.74, 6) is 0.679. The number of halogens is 3. The molecule has 0 unspecified atom stereocenters. The smallest absolute Gasteiger partial charge is 0.357 e. The van der Waals surface area contributed by atoms with E-state index in [9.17, 15) is 13.2 Å². The number of aromatic nitrogens is 2. The Hall–Kier alpha value is -2.10. The highest BCUT2D eigenvalue weighted by Gasteiger charge is 2.32. The first-order chi connectivity index (χ1) is 13.9. The van der Waals surface area contributed by atoms with Gasteiger partial charge in [0.25, 0.3) is 0 Å². The second-order valence-electron chi connectivity index (χ2n) is 7.06. The minimum Gasteiger partial charge on any atom is -0.357 e. The standard InChI is InChI=1S/C19H32F3N7/c1-3-5-12-29-13-7-15(8-14-29)27-17(23-4-2)25-10-11-26-18-24-9-6-16(28-18)19(20,21)22/h6,9,15H,3-5,7-8,10-14H2,1-2H3,(H2,23,25,27)(H,24,26,28). The number of likely N-dealkylation sites (tertiary alicyclic amines) is 1. The van der Waals surface area contributed by atoms with Crippen molar-refractivity contribution in [2.45, 2.75) is 51.7 Å². The molecule has 0 amide bonds. The molecule has 0 atom stereocenters. The molecule has 164 valence electrons. The molecule has 1 aromatic heterocycles. The summed E-state index contributed by atoms with van der Waals surface area (Å²) in [6, 6.07) is 1.23. The third kappa shape index (κ3) is 8.43. The van der Waals surface area contributed by atoms with Crippen molar-refractivity contribution in [3.05, 3.63) is 18.0 Å². The minimum absolute atomic E-state index is 0.0487. The highest BCUT2D eigenvalue weighted by molar-refractivity contribution is 5.80. The van der Waals surface area contributed by atoms with E-state index >= 15 is 0 Å². The van der Waals surface area contributed by atoms with Crippen LogP contribution in [-0.2, 0) is 6.18 Å². The lowest BCUT2D eigenvalue weighted by Gasteiger charge is -2.33. The van der Waals surface area contributed by atoms with Crippen molar-refractivity contribution < 1.29 is 13.2 Å². The number of nitrogens with one attached hydrogen (secondary N) is 3. The molecule has 1 aromatic rings. The SMILES string of the molecule is CCCCN1CCC(NC(=NCCNc2nccc(C(F)(F)F)n2)NCC)CC1. The first-order valence-corrected chi connectivity index (χ1v) is 10.3. The van der Waals surface area contributed by atoms with Gasteiger partial charge in [-0.25, -0.2) is 9.97 Å². The van der Waals surface area contributed by atoms with E-state index in [0.29, 0.717) is 19.1 Å². The van der Waals surface area contributed by atoms with E-state index in [1.54, 1.807) is 0 Å². The first kappa shape index (κ1) is 23.2. The molecule has 0 bridgehead atoms. The Morgan fingerprint density at radius 3 is 2.69 bits per heavy atom. The van der Waals surface area contributed by atoms with Crippen molar-refractivity contribution in [1.82, 2.24) is 25.5 Å². The molecule has 10 heteroatoms. The number of piperidine rings is 1. The van der Waals surface area contributed by atoms with Crippen LogP contribution in [0.2, 0.25) is 0 Å². The number of aliphatic imine (C=N–C) groups is 1. The van der Waals surface area contributed by atoms with Gasteiger partial charge in [-0.05, 0) is 38.8 Å². The number of hydrogen-bond donors (Lipinski definition) is 3. The number of anilines is 1. The van der Waals surface area contributed by atoms with E-state index in [1.807, 2.05) is 6.92 Å². The largest absolute Gasteiger partial charge is 0.433 e. The van der Waals surface area contributed by atoms with Crippen LogP contribution in [0.15, 0.2) is 17.3 Å². The monoisotopic (exact) mass is 415 g/mol. The fourth-order valence-electron chi connectivity index (χ4n) is 3.13. The van der Waals surface area contributed by atoms with Gasteiger partial charge in [-0.15, -0.1) is 0 Å². The minimum atomic E-state index is -4.48. The Morgan fingerprint density at radius 2 is 2.03 bits per heavy atom. The van der Waals surface area contributed by atoms with Crippen LogP contribution >= 0.6 is 0 Å². The normalized spacial score (nSPS) is 16.7. The van der Waals surface area contributed by atoms with Crippen LogP contribution in [0, 0.1) is 0 Å². The second kappa shape index (κ2) is 11.8. The molecule has 7 nitrogen and oxygen atoms in total. The summed E-state index contributed by atoms with van der Waals surface area (Å²) in [6.07, 6.45) is 1.22. The number of nitrogens with zero attached hydrogens (tertiary/aromatic N) is 4. The highest BCUT2D eigenvalue weighted by Crippen LogP contribution is 2.27. The second-order valence-corrected chi connectivity index (χ2v) is 7.06. The van der Waals surface area contributed by atoms with E-state index in [2.05, 4.69) is 42.7 Å². The lowest BCUT2D eigenvalue weighted by Crippen LogP contribution is -2.48. The van der Waals surface area contributed by atoms with Gasteiger partial charge in [-0.1, -0.05) is 13.3 Å². The molecule has 0 aliphatic carbocycles. The summed E-state index contributed by atoms with van der Waals surface area (Å²) in [4.78, 5) is 14.3. The number of rotatable bonds is 9. The predicted molar refractivity (Wildman–Crippen MR) is 109 cm³/mol. The molecular formula is C19H32F3N7. The van der Waals surface area contributed by atoms with Gasteiger partial charge in [0.2, 0.25) is 5.95 Å². The molecule has 0 radical (unpaired) electrons. The Balaban J connectivity index is 1.78. The van der Waals surface area contributed by atoms with Gasteiger partial charge < -0.3 is 20.9 Å². The van der Waals surface area contributed by atoms with Crippen LogP contribution < -0.4 is 16.0 Å². The summed E-state index contributed by atoms with van der Waals surface area (Å²) >= 11 is 0. The maximum absolute atomic E-state index is 12.7. The molecular weight excluding hydrogens is 383 g/mol. The number of alkyl halides is 3. The van der Waals surface area contributed by atoms with Gasteiger partial charge in [0.1, 0.15) is 5.69 Å². The van der Waals surface area contributed by atoms with Crippen LogP contribution in [0.5, 0.6) is 0 Å². The molecule has 0 spiro atoms. The average molecular weight is 416 g/mol. The summed E-state index contributed by atoms with van der Waals surface area (Å²) < 4.78 is 38.1. The van der Waals surface area contributed by atoms with Gasteiger partial charge >= 0.3 is 6.18 Å². The Morgan fingerprint density at radius 1 is 1.28 bits per heavy atom. The predicted octanol–water partition coefficient (Wildman–Crippen LogP) is 2.73. The van der Waals surface area contributed by atoms with E-state index < -0.39 is 11.9 Å². The van der Waals surface area contributed by atoms with Crippen molar-refractivity contribution in [2.75, 3.05) is 44.6 Å². The van der Waals surface area contributed by atoms with Crippen molar-refractivity contribution in [3.8, 4) is 0 Å². The zero-order valence-electron chi connectivity index (χ0n) is 17.2. The topological polar surface area (TPSA) is 77.5 Å². The maximum atomic E-state index is 12.7. The Bertz CT molecular complexity index is 628. The van der Waals surface area contributed by atoms with Gasteiger partial charge in [0, 0.05) is 38.4 Å². The first-order valence-electron chi connectivity index (χ1n) is 10.3. The molecule has 3 N–H and O–H groups in total. The van der Waals surface area contributed by atoms with E-state index in [4.69, 9.17) is 0 Å². The van der Waals surface area contributed by atoms with Crippen LogP contribution in [0.4, 0.5) is 19.1 Å². The summed E-state index contributed by atoms with van der Waals surface area (Å²) in [5.41, 5.74) is -0.959. The zero-order valence-corrected chi connectivity index (χ0v) is 17.2. The van der Waals surface area contributed by atoms with Gasteiger partial charge in [0.15, 0.2) is 5.96 Å². The summed E-state index contributed by atoms with van der Waals surface area (Å²) in [5, 5.41) is 9.48. The average Bonchev–Trinajstić information content (AvgIpc) is 2.70. The van der Waals surface area contributed by atoms with Crippen LogP contribution in [-0.4, -0.2) is 66.1 Å². The van der Waals surface area contributed by atoms with Crippen molar-refractivity contribution in [1.29, 1.82) is 0 Å². The van der Waals surface area contributed by atoms with Gasteiger partial charge in [-0.3, -0.25) is 4.99 Å². The van der Waals surface area contributed by atoms with E-state index in [-0.39, 0.29) is 5.95 Å².